The Morgan fingerprint density at radius 1 is 1.31 bits per heavy atom. The lowest BCUT2D eigenvalue weighted by Crippen LogP contribution is -2.14. The highest BCUT2D eigenvalue weighted by molar-refractivity contribution is 9.10. The highest BCUT2D eigenvalue weighted by Crippen LogP contribution is 2.47. The summed E-state index contributed by atoms with van der Waals surface area (Å²) in [7, 11) is -3.52. The largest absolute Gasteiger partial charge is 0.364 e. The van der Waals surface area contributed by atoms with E-state index in [1.165, 1.54) is 12.1 Å². The van der Waals surface area contributed by atoms with Gasteiger partial charge in [-0.3, -0.25) is 4.57 Å². The molecule has 0 aromatic heterocycles. The summed E-state index contributed by atoms with van der Waals surface area (Å²) in [6.07, 6.45) is 0. The fourth-order valence-corrected chi connectivity index (χ4v) is 3.17. The molecule has 0 heterocycles. The molecule has 0 amide bonds. The second-order valence-corrected chi connectivity index (χ2v) is 5.84. The average molecular weight is 311 g/mol. The fraction of sp³-hybridized carbons (Fsp3) is 0.400. The van der Waals surface area contributed by atoms with Gasteiger partial charge in [0.15, 0.2) is 0 Å². The first kappa shape index (κ1) is 13.8. The van der Waals surface area contributed by atoms with Crippen LogP contribution in [0.1, 0.15) is 13.8 Å². The minimum absolute atomic E-state index is 0.0283. The van der Waals surface area contributed by atoms with Crippen molar-refractivity contribution < 1.29 is 18.0 Å². The van der Waals surface area contributed by atoms with Crippen molar-refractivity contribution in [3.8, 4) is 0 Å². The van der Waals surface area contributed by atoms with Crippen LogP contribution >= 0.6 is 23.5 Å². The van der Waals surface area contributed by atoms with Gasteiger partial charge in [-0.05, 0) is 32.0 Å². The van der Waals surface area contributed by atoms with Crippen LogP contribution < -0.4 is 5.30 Å². The maximum atomic E-state index is 13.6. The third-order valence-corrected chi connectivity index (χ3v) is 4.45. The first-order valence-corrected chi connectivity index (χ1v) is 7.21. The third kappa shape index (κ3) is 3.14. The molecule has 0 saturated carbocycles. The van der Waals surface area contributed by atoms with Gasteiger partial charge in [0.25, 0.3) is 0 Å². The van der Waals surface area contributed by atoms with Crippen molar-refractivity contribution in [3.05, 3.63) is 28.5 Å². The van der Waals surface area contributed by atoms with Crippen molar-refractivity contribution in [1.82, 2.24) is 0 Å². The smallest absolute Gasteiger partial charge is 0.305 e. The Labute approximate surface area is 103 Å². The number of rotatable bonds is 5. The van der Waals surface area contributed by atoms with Crippen molar-refractivity contribution in [2.75, 3.05) is 13.2 Å². The normalized spacial score (nSPS) is 11.8. The number of hydrogen-bond acceptors (Lipinski definition) is 3. The molecular formula is C10H13BrFO3P. The van der Waals surface area contributed by atoms with E-state index in [2.05, 4.69) is 15.9 Å². The van der Waals surface area contributed by atoms with Crippen LogP contribution in [0.15, 0.2) is 22.7 Å². The van der Waals surface area contributed by atoms with Crippen molar-refractivity contribution in [1.29, 1.82) is 0 Å². The van der Waals surface area contributed by atoms with Crippen molar-refractivity contribution >= 4 is 28.8 Å². The second-order valence-electron chi connectivity index (χ2n) is 2.93. The number of halogens is 2. The van der Waals surface area contributed by atoms with E-state index >= 15 is 0 Å². The van der Waals surface area contributed by atoms with Crippen LogP contribution in [0.5, 0.6) is 0 Å². The molecule has 0 unspecified atom stereocenters. The predicted molar refractivity (Wildman–Crippen MR) is 64.6 cm³/mol. The van der Waals surface area contributed by atoms with Crippen molar-refractivity contribution in [2.45, 2.75) is 13.8 Å². The number of benzene rings is 1. The molecule has 3 nitrogen and oxygen atoms in total. The van der Waals surface area contributed by atoms with E-state index in [4.69, 9.17) is 9.05 Å². The van der Waals surface area contributed by atoms with Gasteiger partial charge in [0, 0.05) is 4.47 Å². The molecule has 0 aliphatic carbocycles. The van der Waals surface area contributed by atoms with E-state index in [1.807, 2.05) is 0 Å². The summed E-state index contributed by atoms with van der Waals surface area (Å²) >= 11 is 3.13. The Kier molecular flexibility index (Phi) is 5.12. The molecule has 0 spiro atoms. The maximum Gasteiger partial charge on any atom is 0.364 e. The Hall–Kier alpha value is -0.220. The van der Waals surface area contributed by atoms with E-state index in [-0.39, 0.29) is 18.5 Å². The van der Waals surface area contributed by atoms with Crippen LogP contribution in [-0.4, -0.2) is 13.2 Å². The van der Waals surface area contributed by atoms with Crippen molar-refractivity contribution in [3.63, 3.8) is 0 Å². The molecule has 16 heavy (non-hydrogen) atoms. The molecule has 0 radical (unpaired) electrons. The van der Waals surface area contributed by atoms with Gasteiger partial charge < -0.3 is 9.05 Å². The molecule has 0 N–H and O–H groups in total. The SMILES string of the molecule is CCOP(=O)(OCC)c1ccc(Br)cc1F. The Bertz CT molecular complexity index is 401. The minimum atomic E-state index is -3.52. The van der Waals surface area contributed by atoms with Gasteiger partial charge in [-0.15, -0.1) is 0 Å². The summed E-state index contributed by atoms with van der Waals surface area (Å²) < 4.78 is 36.6. The molecule has 1 rings (SSSR count). The molecule has 0 aliphatic heterocycles. The third-order valence-electron chi connectivity index (χ3n) is 1.80. The van der Waals surface area contributed by atoms with Crippen LogP contribution in [-0.2, 0) is 13.6 Å². The molecule has 0 aliphatic rings. The minimum Gasteiger partial charge on any atom is -0.305 e. The summed E-state index contributed by atoms with van der Waals surface area (Å²) in [5, 5.41) is -0.0283. The Morgan fingerprint density at radius 3 is 2.31 bits per heavy atom. The van der Waals surface area contributed by atoms with E-state index in [0.29, 0.717) is 4.47 Å². The van der Waals surface area contributed by atoms with E-state index in [0.717, 1.165) is 0 Å². The molecule has 0 bridgehead atoms. The van der Waals surface area contributed by atoms with E-state index in [9.17, 15) is 8.96 Å². The number of hydrogen-bond donors (Lipinski definition) is 0. The molecule has 0 fully saturated rings. The fourth-order valence-electron chi connectivity index (χ4n) is 1.22. The van der Waals surface area contributed by atoms with Crippen LogP contribution in [0.4, 0.5) is 4.39 Å². The highest BCUT2D eigenvalue weighted by atomic mass is 79.9. The van der Waals surface area contributed by atoms with Crippen LogP contribution in [0, 0.1) is 5.82 Å². The molecule has 0 saturated heterocycles. The Balaban J connectivity index is 3.15. The molecule has 1 aromatic rings. The first-order valence-electron chi connectivity index (χ1n) is 4.88. The molecule has 1 aromatic carbocycles. The monoisotopic (exact) mass is 310 g/mol. The van der Waals surface area contributed by atoms with Gasteiger partial charge in [-0.2, -0.15) is 0 Å². The van der Waals surface area contributed by atoms with Gasteiger partial charge in [0.05, 0.1) is 18.5 Å². The molecular weight excluding hydrogens is 298 g/mol. The Morgan fingerprint density at radius 2 is 1.88 bits per heavy atom. The lowest BCUT2D eigenvalue weighted by Gasteiger charge is -2.17. The van der Waals surface area contributed by atoms with Gasteiger partial charge in [0.1, 0.15) is 5.82 Å². The first-order chi connectivity index (χ1) is 7.53. The van der Waals surface area contributed by atoms with Gasteiger partial charge in [0.2, 0.25) is 0 Å². The predicted octanol–water partition coefficient (Wildman–Crippen LogP) is 3.48. The lowest BCUT2D eigenvalue weighted by molar-refractivity contribution is 0.229. The summed E-state index contributed by atoms with van der Waals surface area (Å²) in [6.45, 7) is 3.77. The second kappa shape index (κ2) is 5.92. The van der Waals surface area contributed by atoms with Gasteiger partial charge >= 0.3 is 7.60 Å². The maximum absolute atomic E-state index is 13.6. The van der Waals surface area contributed by atoms with E-state index < -0.39 is 13.4 Å². The molecule has 6 heteroatoms. The zero-order valence-corrected chi connectivity index (χ0v) is 11.6. The van der Waals surface area contributed by atoms with Crippen molar-refractivity contribution in [2.24, 2.45) is 0 Å². The van der Waals surface area contributed by atoms with Gasteiger partial charge in [-0.25, -0.2) is 4.39 Å². The standard InChI is InChI=1S/C10H13BrFO3P/c1-3-14-16(13,15-4-2)10-6-5-8(11)7-9(10)12/h5-7H,3-4H2,1-2H3. The van der Waals surface area contributed by atoms with Crippen LogP contribution in [0.3, 0.4) is 0 Å². The highest BCUT2D eigenvalue weighted by Gasteiger charge is 2.30. The summed E-state index contributed by atoms with van der Waals surface area (Å²) in [5.74, 6) is -0.598. The van der Waals surface area contributed by atoms with Gasteiger partial charge in [-0.1, -0.05) is 15.9 Å². The summed E-state index contributed by atoms with van der Waals surface area (Å²) in [4.78, 5) is 0. The molecule has 0 atom stereocenters. The quantitative estimate of drug-likeness (QED) is 0.781. The summed E-state index contributed by atoms with van der Waals surface area (Å²) in [5.41, 5.74) is 0. The lowest BCUT2D eigenvalue weighted by atomic mass is 10.3. The van der Waals surface area contributed by atoms with E-state index in [1.54, 1.807) is 19.9 Å². The summed E-state index contributed by atoms with van der Waals surface area (Å²) in [6, 6.07) is 4.24. The van der Waals surface area contributed by atoms with Crippen LogP contribution in [0.25, 0.3) is 0 Å². The topological polar surface area (TPSA) is 35.5 Å². The average Bonchev–Trinajstić information content (AvgIpc) is 2.17. The molecule has 90 valence electrons. The zero-order valence-electron chi connectivity index (χ0n) is 9.07. The zero-order chi connectivity index (χ0) is 12.2. The van der Waals surface area contributed by atoms with Crippen LogP contribution in [0.2, 0.25) is 0 Å².